The lowest BCUT2D eigenvalue weighted by Crippen LogP contribution is -2.42. The molecule has 38 heavy (non-hydrogen) atoms. The molecule has 1 N–H and O–H groups in total. The molecule has 204 valence electrons. The van der Waals surface area contributed by atoms with Gasteiger partial charge in [-0.2, -0.15) is 5.10 Å². The lowest BCUT2D eigenvalue weighted by atomic mass is 9.85. The van der Waals surface area contributed by atoms with E-state index in [9.17, 15) is 23.5 Å². The smallest absolute Gasteiger partial charge is 0.414 e. The number of alkyl halides is 2. The zero-order valence-electron chi connectivity index (χ0n) is 21.8. The number of nitrogens with zero attached hydrogens (tertiary/aromatic N) is 5. The van der Waals surface area contributed by atoms with Gasteiger partial charge in [-0.05, 0) is 51.2 Å². The zero-order valence-corrected chi connectivity index (χ0v) is 21.8. The second-order valence-electron chi connectivity index (χ2n) is 10.6. The van der Waals surface area contributed by atoms with Crippen LogP contribution in [0.2, 0.25) is 0 Å². The molecular weight excluding hydrogens is 496 g/mol. The van der Waals surface area contributed by atoms with Crippen molar-refractivity contribution in [3.8, 4) is 0 Å². The first-order valence-corrected chi connectivity index (χ1v) is 13.1. The summed E-state index contributed by atoms with van der Waals surface area (Å²) in [7, 11) is 1.37. The highest BCUT2D eigenvalue weighted by atomic mass is 19.3. The summed E-state index contributed by atoms with van der Waals surface area (Å²) < 4.78 is 35.0. The Morgan fingerprint density at radius 2 is 2.03 bits per heavy atom. The second-order valence-corrected chi connectivity index (χ2v) is 10.6. The van der Waals surface area contributed by atoms with Crippen LogP contribution in [0.5, 0.6) is 0 Å². The van der Waals surface area contributed by atoms with Crippen molar-refractivity contribution in [2.75, 3.05) is 12.0 Å². The SMILES string of the molecule is COC(=O)N1c2ccc3c(nc(C(C)Cn4cc(C(F)F)cn4)n3C3CCCC(C(=O)O)C3)c2CC[C@@H]1C. The molecule has 9 nitrogen and oxygen atoms in total. The molecule has 2 aromatic heterocycles. The second kappa shape index (κ2) is 10.3. The van der Waals surface area contributed by atoms with Crippen molar-refractivity contribution in [3.05, 3.63) is 41.5 Å². The molecule has 0 bridgehead atoms. The van der Waals surface area contributed by atoms with Crippen LogP contribution in [-0.4, -0.2) is 49.7 Å². The Balaban J connectivity index is 1.61. The highest BCUT2D eigenvalue weighted by Crippen LogP contribution is 2.42. The third-order valence-electron chi connectivity index (χ3n) is 8.02. The van der Waals surface area contributed by atoms with Crippen LogP contribution in [-0.2, 0) is 22.5 Å². The Hall–Kier alpha value is -3.50. The quantitative estimate of drug-likeness (QED) is 0.440. The van der Waals surface area contributed by atoms with Crippen LogP contribution in [0.25, 0.3) is 11.0 Å². The van der Waals surface area contributed by atoms with Gasteiger partial charge in [-0.25, -0.2) is 18.6 Å². The number of methoxy groups -OCH3 is 1. The van der Waals surface area contributed by atoms with E-state index in [0.29, 0.717) is 19.4 Å². The maximum atomic E-state index is 13.1. The standard InChI is InChI=1S/C27H33F2N5O4/c1-15(13-32-14-18(12-30-32)24(28)29)25-31-23-20-8-7-16(2)33(27(37)38-3)21(20)9-10-22(23)34(25)19-6-4-5-17(11-19)26(35)36/h9-10,12,14-17,19,24H,4-8,11,13H2,1-3H3,(H,35,36)/t15?,16-,17?,19?/m0/s1. The largest absolute Gasteiger partial charge is 0.481 e. The first-order valence-electron chi connectivity index (χ1n) is 13.1. The minimum absolute atomic E-state index is 0.0219. The molecule has 1 amide bonds. The normalized spacial score (nSPS) is 22.5. The van der Waals surface area contributed by atoms with Crippen molar-refractivity contribution in [3.63, 3.8) is 0 Å². The number of carbonyl (C=O) groups is 2. The number of rotatable bonds is 6. The highest BCUT2D eigenvalue weighted by Gasteiger charge is 2.35. The fourth-order valence-corrected chi connectivity index (χ4v) is 6.10. The molecule has 3 unspecified atom stereocenters. The molecule has 1 saturated carbocycles. The fourth-order valence-electron chi connectivity index (χ4n) is 6.10. The monoisotopic (exact) mass is 529 g/mol. The zero-order chi connectivity index (χ0) is 27.1. The Labute approximate surface area is 219 Å². The Bertz CT molecular complexity index is 1350. The third kappa shape index (κ3) is 4.63. The Morgan fingerprint density at radius 1 is 1.24 bits per heavy atom. The summed E-state index contributed by atoms with van der Waals surface area (Å²) in [5.41, 5.74) is 3.29. The summed E-state index contributed by atoms with van der Waals surface area (Å²) in [6.45, 7) is 4.31. The van der Waals surface area contributed by atoms with Gasteiger partial charge >= 0.3 is 12.1 Å². The highest BCUT2D eigenvalue weighted by molar-refractivity contribution is 5.95. The van der Waals surface area contributed by atoms with Gasteiger partial charge in [0.2, 0.25) is 0 Å². The van der Waals surface area contributed by atoms with Gasteiger partial charge in [-0.15, -0.1) is 0 Å². The average molecular weight is 530 g/mol. The van der Waals surface area contributed by atoms with Gasteiger partial charge in [0, 0.05) is 29.8 Å². The Kier molecular flexibility index (Phi) is 7.11. The van der Waals surface area contributed by atoms with Crippen LogP contribution in [0.3, 0.4) is 0 Å². The van der Waals surface area contributed by atoms with Gasteiger partial charge in [0.05, 0.1) is 48.1 Å². The number of hydrogen-bond donors (Lipinski definition) is 1. The van der Waals surface area contributed by atoms with Gasteiger partial charge in [-0.3, -0.25) is 14.4 Å². The van der Waals surface area contributed by atoms with Crippen LogP contribution in [0, 0.1) is 5.92 Å². The molecule has 2 aliphatic rings. The van der Waals surface area contributed by atoms with Gasteiger partial charge in [0.1, 0.15) is 5.82 Å². The van der Waals surface area contributed by atoms with E-state index >= 15 is 0 Å². The molecule has 1 aromatic carbocycles. The minimum atomic E-state index is -2.59. The van der Waals surface area contributed by atoms with Gasteiger partial charge in [0.25, 0.3) is 6.43 Å². The number of carbonyl (C=O) groups excluding carboxylic acids is 1. The van der Waals surface area contributed by atoms with Crippen LogP contribution >= 0.6 is 0 Å². The molecule has 0 saturated heterocycles. The van der Waals surface area contributed by atoms with E-state index in [-0.39, 0.29) is 23.6 Å². The number of ether oxygens (including phenoxy) is 1. The third-order valence-corrected chi connectivity index (χ3v) is 8.02. The fraction of sp³-hybridized carbons (Fsp3) is 0.556. The van der Waals surface area contributed by atoms with Gasteiger partial charge in [-0.1, -0.05) is 13.3 Å². The molecule has 1 aliphatic heterocycles. The number of aliphatic carboxylic acids is 1. The van der Waals surface area contributed by atoms with E-state index in [1.165, 1.54) is 24.2 Å². The van der Waals surface area contributed by atoms with Crippen molar-refractivity contribution in [1.29, 1.82) is 0 Å². The van der Waals surface area contributed by atoms with Crippen LogP contribution in [0.1, 0.15) is 81.3 Å². The van der Waals surface area contributed by atoms with E-state index < -0.39 is 24.4 Å². The maximum Gasteiger partial charge on any atom is 0.414 e. The summed E-state index contributed by atoms with van der Waals surface area (Å²) in [5, 5.41) is 13.8. The predicted octanol–water partition coefficient (Wildman–Crippen LogP) is 5.70. The number of imidazole rings is 1. The molecule has 0 radical (unpaired) electrons. The number of carboxylic acids is 1. The summed E-state index contributed by atoms with van der Waals surface area (Å²) in [6.07, 6.45) is 3.79. The number of halogens is 2. The Morgan fingerprint density at radius 3 is 2.71 bits per heavy atom. The van der Waals surface area contributed by atoms with E-state index in [2.05, 4.69) is 9.67 Å². The number of amides is 1. The van der Waals surface area contributed by atoms with E-state index in [1.54, 1.807) is 4.90 Å². The minimum Gasteiger partial charge on any atom is -0.481 e. The first-order chi connectivity index (χ1) is 18.2. The molecule has 5 rings (SSSR count). The molecule has 4 atom stereocenters. The number of aryl methyl sites for hydroxylation is 1. The number of aromatic nitrogens is 4. The van der Waals surface area contributed by atoms with Crippen LogP contribution in [0.15, 0.2) is 24.5 Å². The van der Waals surface area contributed by atoms with Crippen molar-refractivity contribution in [2.45, 2.75) is 83.3 Å². The van der Waals surface area contributed by atoms with Gasteiger partial charge < -0.3 is 14.4 Å². The lowest BCUT2D eigenvalue weighted by Gasteiger charge is -2.34. The van der Waals surface area contributed by atoms with Crippen LogP contribution in [0.4, 0.5) is 19.3 Å². The number of carboxylic acid groups (broad SMARTS) is 1. The van der Waals surface area contributed by atoms with E-state index in [0.717, 1.165) is 53.8 Å². The summed E-state index contributed by atoms with van der Waals surface area (Å²) >= 11 is 0. The predicted molar refractivity (Wildman–Crippen MR) is 137 cm³/mol. The van der Waals surface area contributed by atoms with Gasteiger partial charge in [0.15, 0.2) is 0 Å². The molecule has 3 heterocycles. The molecular formula is C27H33F2N5O4. The van der Waals surface area contributed by atoms with Crippen molar-refractivity contribution < 1.29 is 28.2 Å². The molecule has 3 aromatic rings. The van der Waals surface area contributed by atoms with Crippen LogP contribution < -0.4 is 4.90 Å². The number of benzene rings is 1. The van der Waals surface area contributed by atoms with Crippen molar-refractivity contribution >= 4 is 28.8 Å². The number of anilines is 1. The van der Waals surface area contributed by atoms with Crippen molar-refractivity contribution in [1.82, 2.24) is 19.3 Å². The summed E-state index contributed by atoms with van der Waals surface area (Å²) in [4.78, 5) is 31.2. The van der Waals surface area contributed by atoms with E-state index in [4.69, 9.17) is 9.72 Å². The molecule has 1 aliphatic carbocycles. The molecule has 1 fully saturated rings. The summed E-state index contributed by atoms with van der Waals surface area (Å²) in [5.74, 6) is -0.637. The number of hydrogen-bond acceptors (Lipinski definition) is 5. The van der Waals surface area contributed by atoms with E-state index in [1.807, 2.05) is 26.0 Å². The first kappa shape index (κ1) is 26.1. The lowest BCUT2D eigenvalue weighted by molar-refractivity contribution is -0.143. The van der Waals surface area contributed by atoms with Crippen molar-refractivity contribution in [2.24, 2.45) is 5.92 Å². The maximum absolute atomic E-state index is 13.1. The summed E-state index contributed by atoms with van der Waals surface area (Å²) in [6, 6.07) is 3.81. The molecule has 0 spiro atoms. The number of fused-ring (bicyclic) bond motifs is 3. The molecule has 11 heteroatoms. The topological polar surface area (TPSA) is 102 Å². The average Bonchev–Trinajstić information content (AvgIpc) is 3.53.